The molecule has 1 atom stereocenters. The van der Waals surface area contributed by atoms with Crippen molar-refractivity contribution in [1.82, 2.24) is 4.98 Å². The fraction of sp³-hybridized carbons (Fsp3) is 0.214. The van der Waals surface area contributed by atoms with E-state index in [2.05, 4.69) is 64.2 Å². The molecule has 0 spiro atoms. The molecule has 1 unspecified atom stereocenters. The molecule has 0 bridgehead atoms. The van der Waals surface area contributed by atoms with Gasteiger partial charge in [0.05, 0.1) is 0 Å². The van der Waals surface area contributed by atoms with Crippen LogP contribution in [0.5, 0.6) is 0 Å². The maximum atomic E-state index is 4.18. The highest BCUT2D eigenvalue weighted by Gasteiger charge is 2.06. The zero-order valence-electron chi connectivity index (χ0n) is 9.23. The zero-order chi connectivity index (χ0) is 11.4. The molecule has 0 aliphatic carbocycles. The maximum absolute atomic E-state index is 4.18. The molecule has 0 saturated carbocycles. The standard InChI is InChI=1S/C14H14BrN/c1-11(13-5-3-2-4-6-13)7-12-8-14(15)10-16-9-12/h2-6,8-11H,7H2,1H3. The number of pyridine rings is 1. The molecule has 0 fully saturated rings. The molecule has 1 aromatic heterocycles. The Balaban J connectivity index is 2.11. The van der Waals surface area contributed by atoms with Crippen LogP contribution < -0.4 is 0 Å². The van der Waals surface area contributed by atoms with Gasteiger partial charge in [-0.2, -0.15) is 0 Å². The summed E-state index contributed by atoms with van der Waals surface area (Å²) in [7, 11) is 0. The van der Waals surface area contributed by atoms with Crippen molar-refractivity contribution in [1.29, 1.82) is 0 Å². The second kappa shape index (κ2) is 5.26. The highest BCUT2D eigenvalue weighted by molar-refractivity contribution is 9.10. The van der Waals surface area contributed by atoms with E-state index >= 15 is 0 Å². The van der Waals surface area contributed by atoms with E-state index in [4.69, 9.17) is 0 Å². The summed E-state index contributed by atoms with van der Waals surface area (Å²) in [6.07, 6.45) is 4.78. The van der Waals surface area contributed by atoms with Crippen LogP contribution in [0, 0.1) is 0 Å². The predicted molar refractivity (Wildman–Crippen MR) is 70.5 cm³/mol. The number of hydrogen-bond donors (Lipinski definition) is 0. The first-order valence-electron chi connectivity index (χ1n) is 5.40. The number of benzene rings is 1. The third-order valence-corrected chi connectivity index (χ3v) is 3.11. The highest BCUT2D eigenvalue weighted by atomic mass is 79.9. The van der Waals surface area contributed by atoms with Crippen molar-refractivity contribution in [2.75, 3.05) is 0 Å². The van der Waals surface area contributed by atoms with Gasteiger partial charge in [-0.15, -0.1) is 0 Å². The molecule has 2 heteroatoms. The van der Waals surface area contributed by atoms with Crippen LogP contribution in [0.3, 0.4) is 0 Å². The van der Waals surface area contributed by atoms with Crippen molar-refractivity contribution in [2.45, 2.75) is 19.3 Å². The Hall–Kier alpha value is -1.15. The van der Waals surface area contributed by atoms with Crippen LogP contribution in [-0.4, -0.2) is 4.98 Å². The molecule has 0 aliphatic heterocycles. The number of nitrogens with zero attached hydrogens (tertiary/aromatic N) is 1. The van der Waals surface area contributed by atoms with Crippen LogP contribution in [0.15, 0.2) is 53.3 Å². The number of halogens is 1. The van der Waals surface area contributed by atoms with Gasteiger partial charge in [-0.05, 0) is 45.5 Å². The van der Waals surface area contributed by atoms with Gasteiger partial charge in [-0.25, -0.2) is 0 Å². The fourth-order valence-electron chi connectivity index (χ4n) is 1.82. The molecule has 16 heavy (non-hydrogen) atoms. The number of aromatic nitrogens is 1. The number of rotatable bonds is 3. The van der Waals surface area contributed by atoms with Crippen molar-refractivity contribution in [2.24, 2.45) is 0 Å². The first-order chi connectivity index (χ1) is 7.75. The summed E-state index contributed by atoms with van der Waals surface area (Å²) >= 11 is 3.45. The second-order valence-electron chi connectivity index (χ2n) is 4.03. The lowest BCUT2D eigenvalue weighted by atomic mass is 9.95. The fourth-order valence-corrected chi connectivity index (χ4v) is 2.23. The summed E-state index contributed by atoms with van der Waals surface area (Å²) in [4.78, 5) is 4.18. The molecular weight excluding hydrogens is 262 g/mol. The third kappa shape index (κ3) is 2.92. The molecule has 1 aromatic carbocycles. The van der Waals surface area contributed by atoms with Crippen LogP contribution in [0.1, 0.15) is 24.0 Å². The molecule has 2 rings (SSSR count). The van der Waals surface area contributed by atoms with E-state index < -0.39 is 0 Å². The SMILES string of the molecule is CC(Cc1cncc(Br)c1)c1ccccc1. The van der Waals surface area contributed by atoms with Gasteiger partial charge >= 0.3 is 0 Å². The Kier molecular flexibility index (Phi) is 3.73. The van der Waals surface area contributed by atoms with Crippen LogP contribution in [0.2, 0.25) is 0 Å². The highest BCUT2D eigenvalue weighted by Crippen LogP contribution is 2.21. The van der Waals surface area contributed by atoms with Gasteiger partial charge < -0.3 is 0 Å². The van der Waals surface area contributed by atoms with E-state index in [1.54, 1.807) is 0 Å². The first kappa shape index (κ1) is 11.3. The van der Waals surface area contributed by atoms with Gasteiger partial charge in [-0.3, -0.25) is 4.98 Å². The van der Waals surface area contributed by atoms with Gasteiger partial charge in [0, 0.05) is 16.9 Å². The van der Waals surface area contributed by atoms with Crippen LogP contribution in [0.4, 0.5) is 0 Å². The Morgan fingerprint density at radius 2 is 1.94 bits per heavy atom. The molecule has 2 aromatic rings. The molecule has 0 N–H and O–H groups in total. The summed E-state index contributed by atoms with van der Waals surface area (Å²) in [6.45, 7) is 2.25. The van der Waals surface area contributed by atoms with Gasteiger partial charge in [0.25, 0.3) is 0 Å². The van der Waals surface area contributed by atoms with Crippen molar-refractivity contribution in [3.8, 4) is 0 Å². The summed E-state index contributed by atoms with van der Waals surface area (Å²) in [5, 5.41) is 0. The van der Waals surface area contributed by atoms with Gasteiger partial charge in [0.2, 0.25) is 0 Å². The Labute approximate surface area is 105 Å². The largest absolute Gasteiger partial charge is 0.263 e. The van der Waals surface area contributed by atoms with E-state index in [0.717, 1.165) is 10.9 Å². The van der Waals surface area contributed by atoms with Crippen molar-refractivity contribution in [3.63, 3.8) is 0 Å². The molecule has 1 nitrogen and oxygen atoms in total. The topological polar surface area (TPSA) is 12.9 Å². The Morgan fingerprint density at radius 3 is 2.62 bits per heavy atom. The third-order valence-electron chi connectivity index (χ3n) is 2.67. The van der Waals surface area contributed by atoms with Gasteiger partial charge in [0.15, 0.2) is 0 Å². The maximum Gasteiger partial charge on any atom is 0.0410 e. The van der Waals surface area contributed by atoms with E-state index in [0.29, 0.717) is 5.92 Å². The van der Waals surface area contributed by atoms with Gasteiger partial charge in [0.1, 0.15) is 0 Å². The van der Waals surface area contributed by atoms with E-state index in [9.17, 15) is 0 Å². The average molecular weight is 276 g/mol. The normalized spacial score (nSPS) is 12.4. The zero-order valence-corrected chi connectivity index (χ0v) is 10.8. The monoisotopic (exact) mass is 275 g/mol. The van der Waals surface area contributed by atoms with Crippen LogP contribution >= 0.6 is 15.9 Å². The van der Waals surface area contributed by atoms with Crippen molar-refractivity contribution in [3.05, 3.63) is 64.4 Å². The quantitative estimate of drug-likeness (QED) is 0.819. The molecule has 1 heterocycles. The average Bonchev–Trinajstić information content (AvgIpc) is 2.30. The molecular formula is C14H14BrN. The molecule has 0 aliphatic rings. The lowest BCUT2D eigenvalue weighted by molar-refractivity contribution is 0.756. The summed E-state index contributed by atoms with van der Waals surface area (Å²) in [5.74, 6) is 0.525. The Bertz CT molecular complexity index is 453. The minimum atomic E-state index is 0.525. The lowest BCUT2D eigenvalue weighted by Gasteiger charge is -2.11. The van der Waals surface area contributed by atoms with E-state index in [1.807, 2.05) is 12.4 Å². The van der Waals surface area contributed by atoms with Crippen LogP contribution in [-0.2, 0) is 6.42 Å². The smallest absolute Gasteiger partial charge is 0.0410 e. The van der Waals surface area contributed by atoms with Crippen LogP contribution in [0.25, 0.3) is 0 Å². The Morgan fingerprint density at radius 1 is 1.19 bits per heavy atom. The minimum absolute atomic E-state index is 0.525. The van der Waals surface area contributed by atoms with Crippen molar-refractivity contribution >= 4 is 15.9 Å². The second-order valence-corrected chi connectivity index (χ2v) is 4.94. The van der Waals surface area contributed by atoms with Gasteiger partial charge in [-0.1, -0.05) is 37.3 Å². The molecule has 0 radical (unpaired) electrons. The van der Waals surface area contributed by atoms with E-state index in [-0.39, 0.29) is 0 Å². The summed E-state index contributed by atoms with van der Waals surface area (Å²) in [5.41, 5.74) is 2.65. The summed E-state index contributed by atoms with van der Waals surface area (Å²) < 4.78 is 1.05. The molecule has 0 amide bonds. The molecule has 0 saturated heterocycles. The first-order valence-corrected chi connectivity index (χ1v) is 6.19. The molecule has 82 valence electrons. The van der Waals surface area contributed by atoms with Crippen molar-refractivity contribution < 1.29 is 0 Å². The van der Waals surface area contributed by atoms with E-state index in [1.165, 1.54) is 11.1 Å². The lowest BCUT2D eigenvalue weighted by Crippen LogP contribution is -1.98. The minimum Gasteiger partial charge on any atom is -0.263 e. The number of hydrogen-bond acceptors (Lipinski definition) is 1. The predicted octanol–water partition coefficient (Wildman–Crippen LogP) is 4.19. The summed E-state index contributed by atoms with van der Waals surface area (Å²) in [6, 6.07) is 12.7.